The number of esters is 1. The summed E-state index contributed by atoms with van der Waals surface area (Å²) in [7, 11) is -4.88. The van der Waals surface area contributed by atoms with Crippen molar-refractivity contribution < 1.29 is 36.8 Å². The van der Waals surface area contributed by atoms with Crippen molar-refractivity contribution in [2.45, 2.75) is 70.4 Å². The molecule has 0 saturated heterocycles. The highest BCUT2D eigenvalue weighted by Crippen LogP contribution is 2.51. The number of rotatable bonds is 19. The van der Waals surface area contributed by atoms with Gasteiger partial charge in [0.15, 0.2) is 0 Å². The molecule has 1 aliphatic rings. The Labute approximate surface area is 233 Å². The third kappa shape index (κ3) is 10.4. The number of ether oxygens (including phenoxy) is 1. The first-order chi connectivity index (χ1) is 19.2. The van der Waals surface area contributed by atoms with Crippen LogP contribution in [0, 0.1) is 11.6 Å². The van der Waals surface area contributed by atoms with Crippen LogP contribution in [0.2, 0.25) is 0 Å². The molecule has 3 rings (SSSR count). The van der Waals surface area contributed by atoms with Crippen LogP contribution in [0.5, 0.6) is 0 Å². The summed E-state index contributed by atoms with van der Waals surface area (Å²) >= 11 is 0. The molecule has 2 aromatic rings. The molecule has 14 heteroatoms. The highest BCUT2D eigenvalue weighted by Gasteiger charge is 2.45. The molecule has 1 aromatic carbocycles. The van der Waals surface area contributed by atoms with E-state index in [2.05, 4.69) is 22.4 Å². The van der Waals surface area contributed by atoms with Crippen molar-refractivity contribution in [3.8, 4) is 0 Å². The summed E-state index contributed by atoms with van der Waals surface area (Å²) in [5, 5.41) is 5.58. The lowest BCUT2D eigenvalue weighted by Crippen LogP contribution is -2.48. The summed E-state index contributed by atoms with van der Waals surface area (Å²) in [6.07, 6.45) is 12.2. The number of aromatic nitrogens is 2. The number of aliphatic imine (C=N–C) groups is 1. The van der Waals surface area contributed by atoms with Crippen LogP contribution in [0.25, 0.3) is 0 Å². The Morgan fingerprint density at radius 3 is 2.60 bits per heavy atom. The highest BCUT2D eigenvalue weighted by atomic mass is 31.2. The lowest BCUT2D eigenvalue weighted by molar-refractivity contribution is -0.144. The second-order valence-electron chi connectivity index (χ2n) is 9.55. The van der Waals surface area contributed by atoms with E-state index in [0.29, 0.717) is 12.5 Å². The lowest BCUT2D eigenvalue weighted by atomic mass is 9.92. The second-order valence-corrected chi connectivity index (χ2v) is 10.9. The summed E-state index contributed by atoms with van der Waals surface area (Å²) in [5.41, 5.74) is 0.838. The largest absolute Gasteiger partial charge is 0.473 e. The lowest BCUT2D eigenvalue weighted by Gasteiger charge is -2.37. The van der Waals surface area contributed by atoms with Crippen molar-refractivity contribution in [1.29, 1.82) is 0 Å². The molecule has 0 radical (unpaired) electrons. The molecular formula is C26H38F2N5O6P. The van der Waals surface area contributed by atoms with Crippen molar-refractivity contribution in [2.75, 3.05) is 26.4 Å². The summed E-state index contributed by atoms with van der Waals surface area (Å²) in [5.74, 6) is -2.23. The van der Waals surface area contributed by atoms with Gasteiger partial charge in [0.05, 0.1) is 19.7 Å². The molecule has 2 atom stereocenters. The van der Waals surface area contributed by atoms with Crippen LogP contribution in [0.3, 0.4) is 0 Å². The van der Waals surface area contributed by atoms with Crippen molar-refractivity contribution in [3.63, 3.8) is 0 Å². The van der Waals surface area contributed by atoms with E-state index in [0.717, 1.165) is 31.4 Å². The average molecular weight is 586 g/mol. The third-order valence-electron chi connectivity index (χ3n) is 6.29. The fraction of sp³-hybridized carbons (Fsp3) is 0.577. The number of hydrazine groups is 1. The van der Waals surface area contributed by atoms with Crippen molar-refractivity contribution >= 4 is 20.1 Å². The van der Waals surface area contributed by atoms with E-state index in [1.165, 1.54) is 41.5 Å². The number of halogens is 2. The summed E-state index contributed by atoms with van der Waals surface area (Å²) in [6.45, 7) is 1.27. The molecule has 1 aliphatic heterocycles. The standard InChI is InChI=1S/C26H38F2N5O6P/c1-2-3-4-5-6-7-8-10-25(34)37-15-16-38-40(35,36)39-26(18-32-14-9-13-30-32,19-33-21-29-20-31-33)23-12-11-22(27)17-24(23)28/h9,11-14,17,21,31H,2-8,10,15-16,18-20H2,1H3,(H,35,36). The zero-order chi connectivity index (χ0) is 28.8. The maximum Gasteiger partial charge on any atom is 0.473 e. The molecule has 0 saturated carbocycles. The van der Waals surface area contributed by atoms with Gasteiger partial charge in [0.2, 0.25) is 0 Å². The van der Waals surface area contributed by atoms with Crippen LogP contribution in [0.15, 0.2) is 41.7 Å². The van der Waals surface area contributed by atoms with Crippen LogP contribution in [-0.2, 0) is 35.3 Å². The first kappa shape index (κ1) is 31.8. The van der Waals surface area contributed by atoms with E-state index < -0.39 is 37.6 Å². The molecule has 40 heavy (non-hydrogen) atoms. The molecule has 2 heterocycles. The Bertz CT molecular complexity index is 1140. The Hall–Kier alpha value is -2.70. The van der Waals surface area contributed by atoms with Crippen molar-refractivity contribution in [1.82, 2.24) is 20.2 Å². The summed E-state index contributed by atoms with van der Waals surface area (Å²) in [6, 6.07) is 4.46. The van der Waals surface area contributed by atoms with Gasteiger partial charge in [-0.2, -0.15) is 5.10 Å². The maximum absolute atomic E-state index is 15.1. The van der Waals surface area contributed by atoms with Crippen LogP contribution in [0.4, 0.5) is 8.78 Å². The number of benzene rings is 1. The number of hydrogen-bond acceptors (Lipinski definition) is 9. The Morgan fingerprint density at radius 2 is 1.93 bits per heavy atom. The van der Waals surface area contributed by atoms with Gasteiger partial charge in [-0.25, -0.2) is 18.8 Å². The minimum atomic E-state index is -4.88. The van der Waals surface area contributed by atoms with E-state index in [-0.39, 0.29) is 38.3 Å². The van der Waals surface area contributed by atoms with Crippen LogP contribution < -0.4 is 5.43 Å². The molecule has 0 amide bonds. The smallest absolute Gasteiger partial charge is 0.463 e. The van der Waals surface area contributed by atoms with E-state index in [1.807, 2.05) is 0 Å². The predicted molar refractivity (Wildman–Crippen MR) is 144 cm³/mol. The highest BCUT2D eigenvalue weighted by molar-refractivity contribution is 7.47. The molecule has 2 unspecified atom stereocenters. The maximum atomic E-state index is 15.1. The summed E-state index contributed by atoms with van der Waals surface area (Å²) < 4.78 is 59.3. The monoisotopic (exact) mass is 585 g/mol. The number of phosphoric acid groups is 1. The van der Waals surface area contributed by atoms with Crippen LogP contribution >= 0.6 is 7.82 Å². The average Bonchev–Trinajstić information content (AvgIpc) is 3.60. The van der Waals surface area contributed by atoms with Crippen molar-refractivity contribution in [2.24, 2.45) is 4.99 Å². The minimum absolute atomic E-state index is 0.189. The Morgan fingerprint density at radius 1 is 1.15 bits per heavy atom. The van der Waals surface area contributed by atoms with Gasteiger partial charge in [-0.1, -0.05) is 51.5 Å². The van der Waals surface area contributed by atoms with Gasteiger partial charge in [-0.3, -0.25) is 28.5 Å². The number of phosphoric ester groups is 1. The van der Waals surface area contributed by atoms with E-state index in [9.17, 15) is 18.6 Å². The molecule has 222 valence electrons. The number of carbonyl (C=O) groups is 1. The van der Waals surface area contributed by atoms with Gasteiger partial charge in [0, 0.05) is 30.4 Å². The zero-order valence-electron chi connectivity index (χ0n) is 22.7. The van der Waals surface area contributed by atoms with Gasteiger partial charge >= 0.3 is 13.8 Å². The molecular weight excluding hydrogens is 547 g/mol. The van der Waals surface area contributed by atoms with Gasteiger partial charge in [0.1, 0.15) is 36.8 Å². The first-order valence-electron chi connectivity index (χ1n) is 13.5. The van der Waals surface area contributed by atoms with Gasteiger partial charge in [-0.15, -0.1) is 0 Å². The van der Waals surface area contributed by atoms with Crippen molar-refractivity contribution in [3.05, 3.63) is 53.9 Å². The van der Waals surface area contributed by atoms with Gasteiger partial charge < -0.3 is 9.63 Å². The fourth-order valence-corrected chi connectivity index (χ4v) is 5.39. The van der Waals surface area contributed by atoms with Crippen LogP contribution in [-0.4, -0.2) is 58.4 Å². The molecule has 0 bridgehead atoms. The number of unbranched alkanes of at least 4 members (excludes halogenated alkanes) is 6. The quantitative estimate of drug-likeness (QED) is 0.137. The normalized spacial score (nSPS) is 16.1. The second kappa shape index (κ2) is 15.9. The third-order valence-corrected chi connectivity index (χ3v) is 7.37. The topological polar surface area (TPSA) is 128 Å². The molecule has 2 N–H and O–H groups in total. The van der Waals surface area contributed by atoms with E-state index in [4.69, 9.17) is 13.8 Å². The molecule has 1 aromatic heterocycles. The number of hydrogen-bond donors (Lipinski definition) is 2. The Kier molecular flexibility index (Phi) is 12.7. The fourth-order valence-electron chi connectivity index (χ4n) is 4.38. The zero-order valence-corrected chi connectivity index (χ0v) is 23.6. The molecule has 0 spiro atoms. The van der Waals surface area contributed by atoms with Gasteiger partial charge in [-0.05, 0) is 18.6 Å². The van der Waals surface area contributed by atoms with Crippen LogP contribution in [0.1, 0.15) is 63.9 Å². The minimum Gasteiger partial charge on any atom is -0.463 e. The number of nitrogens with one attached hydrogen (secondary N) is 1. The van der Waals surface area contributed by atoms with E-state index in [1.54, 1.807) is 12.3 Å². The Balaban J connectivity index is 1.63. The number of nitrogens with zero attached hydrogens (tertiary/aromatic N) is 4. The first-order valence-corrected chi connectivity index (χ1v) is 15.0. The van der Waals surface area contributed by atoms with Gasteiger partial charge in [0.25, 0.3) is 0 Å². The number of carbonyl (C=O) groups excluding carboxylic acids is 1. The molecule has 0 aliphatic carbocycles. The summed E-state index contributed by atoms with van der Waals surface area (Å²) in [4.78, 5) is 26.7. The SMILES string of the molecule is CCCCCCCCCC(=O)OCCOP(=O)(O)OC(CN1C=NCN1)(Cn1cccn1)c1ccc(F)cc1F. The molecule has 11 nitrogen and oxygen atoms in total. The molecule has 0 fully saturated rings. The predicted octanol–water partition coefficient (Wildman–Crippen LogP) is 4.68. The van der Waals surface area contributed by atoms with E-state index >= 15 is 4.39 Å².